The van der Waals surface area contributed by atoms with Crippen molar-refractivity contribution in [2.45, 2.75) is 36.8 Å². The summed E-state index contributed by atoms with van der Waals surface area (Å²) in [5, 5.41) is 1.92. The number of nitrogens with one attached hydrogen (secondary N) is 1. The van der Waals surface area contributed by atoms with E-state index in [2.05, 4.69) is 5.32 Å². The highest BCUT2D eigenvalue weighted by Crippen LogP contribution is 2.38. The number of amides is 1. The lowest BCUT2D eigenvalue weighted by Gasteiger charge is -2.20. The first kappa shape index (κ1) is 16.4. The Balaban J connectivity index is 1.77. The van der Waals surface area contributed by atoms with Crippen LogP contribution < -0.4 is 14.8 Å². The number of rotatable bonds is 5. The van der Waals surface area contributed by atoms with Crippen LogP contribution in [0.1, 0.15) is 25.3 Å². The van der Waals surface area contributed by atoms with Crippen molar-refractivity contribution in [1.29, 1.82) is 0 Å². The predicted octanol–water partition coefficient (Wildman–Crippen LogP) is 1.69. The van der Waals surface area contributed by atoms with E-state index in [-0.39, 0.29) is 11.8 Å². The minimum atomic E-state index is -3.64. The standard InChI is InChI=1S/C15H18ClNO5S/c1-9(15(18)17-11-2-3-11)23(19,20)8-10-6-12(16)14-13(7-10)21-4-5-22-14/h6-7,9,11H,2-5,8H2,1H3,(H,17,18)/t9-/m1/s1. The molecule has 0 aromatic heterocycles. The van der Waals surface area contributed by atoms with Gasteiger partial charge in [0, 0.05) is 6.04 Å². The van der Waals surface area contributed by atoms with Crippen LogP contribution in [-0.4, -0.2) is 38.8 Å². The smallest absolute Gasteiger partial charge is 0.238 e. The average Bonchev–Trinajstić information content (AvgIpc) is 3.30. The van der Waals surface area contributed by atoms with Gasteiger partial charge in [-0.05, 0) is 37.5 Å². The SMILES string of the molecule is C[C@H](C(=O)NC1CC1)S(=O)(=O)Cc1cc(Cl)c2c(c1)OCCO2. The Morgan fingerprint density at radius 3 is 2.74 bits per heavy atom. The first-order valence-electron chi connectivity index (χ1n) is 7.47. The molecule has 1 fully saturated rings. The van der Waals surface area contributed by atoms with Crippen molar-refractivity contribution >= 4 is 27.3 Å². The summed E-state index contributed by atoms with van der Waals surface area (Å²) in [6.45, 7) is 2.20. The third-order valence-corrected chi connectivity index (χ3v) is 6.16. The zero-order chi connectivity index (χ0) is 16.6. The molecular formula is C15H18ClNO5S. The van der Waals surface area contributed by atoms with E-state index in [0.717, 1.165) is 12.8 Å². The normalized spacial score (nSPS) is 18.3. The second-order valence-corrected chi connectivity index (χ2v) is 8.56. The summed E-state index contributed by atoms with van der Waals surface area (Å²) in [6.07, 6.45) is 1.83. The average molecular weight is 360 g/mol. The minimum absolute atomic E-state index is 0.129. The summed E-state index contributed by atoms with van der Waals surface area (Å²) in [5.74, 6) is 0.140. The molecule has 1 aliphatic heterocycles. The largest absolute Gasteiger partial charge is 0.486 e. The van der Waals surface area contributed by atoms with E-state index in [0.29, 0.717) is 35.3 Å². The van der Waals surface area contributed by atoms with Crippen molar-refractivity contribution in [3.63, 3.8) is 0 Å². The van der Waals surface area contributed by atoms with E-state index >= 15 is 0 Å². The Bertz CT molecular complexity index is 730. The van der Waals surface area contributed by atoms with Crippen LogP contribution in [0.25, 0.3) is 0 Å². The van der Waals surface area contributed by atoms with Crippen molar-refractivity contribution in [1.82, 2.24) is 5.32 Å². The molecule has 6 nitrogen and oxygen atoms in total. The number of carbonyl (C=O) groups is 1. The fourth-order valence-electron chi connectivity index (χ4n) is 2.31. The molecule has 1 saturated carbocycles. The monoisotopic (exact) mass is 359 g/mol. The first-order valence-corrected chi connectivity index (χ1v) is 9.56. The molecule has 3 rings (SSSR count). The number of ether oxygens (including phenoxy) is 2. The second-order valence-electron chi connectivity index (χ2n) is 5.83. The number of sulfone groups is 1. The fourth-order valence-corrected chi connectivity index (χ4v) is 3.88. The van der Waals surface area contributed by atoms with Gasteiger partial charge in [-0.25, -0.2) is 8.42 Å². The van der Waals surface area contributed by atoms with Gasteiger partial charge < -0.3 is 14.8 Å². The van der Waals surface area contributed by atoms with Gasteiger partial charge in [-0.1, -0.05) is 11.6 Å². The van der Waals surface area contributed by atoms with Crippen molar-refractivity contribution in [2.75, 3.05) is 13.2 Å². The predicted molar refractivity (Wildman–Crippen MR) is 85.7 cm³/mol. The fraction of sp³-hybridized carbons (Fsp3) is 0.533. The van der Waals surface area contributed by atoms with Gasteiger partial charge in [-0.2, -0.15) is 0 Å². The molecule has 1 aliphatic carbocycles. The molecule has 0 bridgehead atoms. The Hall–Kier alpha value is -1.47. The maximum absolute atomic E-state index is 12.4. The summed E-state index contributed by atoms with van der Waals surface area (Å²) in [5.41, 5.74) is 0.477. The molecule has 1 heterocycles. The lowest BCUT2D eigenvalue weighted by atomic mass is 10.2. The van der Waals surface area contributed by atoms with Gasteiger partial charge >= 0.3 is 0 Å². The molecule has 2 aliphatic rings. The van der Waals surface area contributed by atoms with Crippen LogP contribution in [0, 0.1) is 0 Å². The van der Waals surface area contributed by atoms with Crippen molar-refractivity contribution in [3.8, 4) is 11.5 Å². The zero-order valence-electron chi connectivity index (χ0n) is 12.7. The number of hydrogen-bond acceptors (Lipinski definition) is 5. The van der Waals surface area contributed by atoms with Crippen LogP contribution in [0.3, 0.4) is 0 Å². The van der Waals surface area contributed by atoms with E-state index in [1.54, 1.807) is 6.07 Å². The molecule has 1 amide bonds. The highest BCUT2D eigenvalue weighted by molar-refractivity contribution is 7.92. The van der Waals surface area contributed by atoms with Crippen LogP contribution in [0.5, 0.6) is 11.5 Å². The molecule has 1 aromatic rings. The lowest BCUT2D eigenvalue weighted by Crippen LogP contribution is -2.39. The van der Waals surface area contributed by atoms with Crippen molar-refractivity contribution in [2.24, 2.45) is 0 Å². The van der Waals surface area contributed by atoms with Gasteiger partial charge in [0.15, 0.2) is 21.3 Å². The highest BCUT2D eigenvalue weighted by atomic mass is 35.5. The molecule has 1 N–H and O–H groups in total. The van der Waals surface area contributed by atoms with Crippen LogP contribution in [0.2, 0.25) is 5.02 Å². The van der Waals surface area contributed by atoms with Gasteiger partial charge in [-0.15, -0.1) is 0 Å². The Morgan fingerprint density at radius 2 is 2.04 bits per heavy atom. The van der Waals surface area contributed by atoms with Crippen LogP contribution in [-0.2, 0) is 20.4 Å². The molecule has 1 aromatic carbocycles. The molecular weight excluding hydrogens is 342 g/mol. The van der Waals surface area contributed by atoms with Gasteiger partial charge in [0.05, 0.1) is 10.8 Å². The number of fused-ring (bicyclic) bond motifs is 1. The molecule has 23 heavy (non-hydrogen) atoms. The van der Waals surface area contributed by atoms with Crippen LogP contribution >= 0.6 is 11.6 Å². The molecule has 8 heteroatoms. The van der Waals surface area contributed by atoms with Crippen LogP contribution in [0.15, 0.2) is 12.1 Å². The second kappa shape index (κ2) is 6.20. The van der Waals surface area contributed by atoms with E-state index in [1.165, 1.54) is 13.0 Å². The summed E-state index contributed by atoms with van der Waals surface area (Å²) < 4.78 is 35.7. The molecule has 0 unspecified atom stereocenters. The quantitative estimate of drug-likeness (QED) is 0.865. The van der Waals surface area contributed by atoms with Gasteiger partial charge in [0.1, 0.15) is 18.5 Å². The Kier molecular flexibility index (Phi) is 4.42. The van der Waals surface area contributed by atoms with E-state index in [9.17, 15) is 13.2 Å². The lowest BCUT2D eigenvalue weighted by molar-refractivity contribution is -0.120. The van der Waals surface area contributed by atoms with E-state index < -0.39 is 21.0 Å². The first-order chi connectivity index (χ1) is 10.9. The molecule has 0 saturated heterocycles. The van der Waals surface area contributed by atoms with Gasteiger partial charge in [0.25, 0.3) is 0 Å². The maximum atomic E-state index is 12.4. The summed E-state index contributed by atoms with van der Waals surface area (Å²) in [4.78, 5) is 12.0. The molecule has 126 valence electrons. The molecule has 0 spiro atoms. The minimum Gasteiger partial charge on any atom is -0.486 e. The topological polar surface area (TPSA) is 81.7 Å². The summed E-state index contributed by atoms with van der Waals surface area (Å²) in [6, 6.07) is 3.27. The number of carbonyl (C=O) groups excluding carboxylic acids is 1. The van der Waals surface area contributed by atoms with Crippen molar-refractivity contribution in [3.05, 3.63) is 22.7 Å². The van der Waals surface area contributed by atoms with Crippen LogP contribution in [0.4, 0.5) is 0 Å². The Labute approximate surface area is 140 Å². The zero-order valence-corrected chi connectivity index (χ0v) is 14.2. The number of halogens is 1. The Morgan fingerprint density at radius 1 is 1.35 bits per heavy atom. The number of benzene rings is 1. The highest BCUT2D eigenvalue weighted by Gasteiger charge is 2.32. The third-order valence-electron chi connectivity index (χ3n) is 3.86. The van der Waals surface area contributed by atoms with Gasteiger partial charge in [-0.3, -0.25) is 4.79 Å². The summed E-state index contributed by atoms with van der Waals surface area (Å²) in [7, 11) is -3.64. The maximum Gasteiger partial charge on any atom is 0.238 e. The van der Waals surface area contributed by atoms with E-state index in [1.807, 2.05) is 0 Å². The van der Waals surface area contributed by atoms with Crippen molar-refractivity contribution < 1.29 is 22.7 Å². The van der Waals surface area contributed by atoms with Gasteiger partial charge in [0.2, 0.25) is 5.91 Å². The number of hydrogen-bond donors (Lipinski definition) is 1. The summed E-state index contributed by atoms with van der Waals surface area (Å²) >= 11 is 6.12. The van der Waals surface area contributed by atoms with E-state index in [4.69, 9.17) is 21.1 Å². The third kappa shape index (κ3) is 3.72. The molecule has 0 radical (unpaired) electrons. The molecule has 1 atom stereocenters.